The monoisotopic (exact) mass is 468 g/mol. The quantitative estimate of drug-likeness (QED) is 0.569. The maximum Gasteiger partial charge on any atom is 0.330 e. The molecule has 182 valence electrons. The first kappa shape index (κ1) is 23.6. The van der Waals surface area contributed by atoms with Crippen molar-refractivity contribution < 1.29 is 9.59 Å². The fourth-order valence-electron chi connectivity index (χ4n) is 5.13. The smallest absolute Gasteiger partial charge is 0.330 e. The van der Waals surface area contributed by atoms with Gasteiger partial charge in [-0.15, -0.1) is 0 Å². The number of nitrogen functional groups attached to an aromatic ring is 1. The number of carbonyl (C=O) groups is 2. The predicted octanol–water partition coefficient (Wildman–Crippen LogP) is 2.04. The minimum Gasteiger partial charge on any atom is -0.383 e. The lowest BCUT2D eigenvalue weighted by Gasteiger charge is -2.45. The molecule has 2 amide bonds. The maximum absolute atomic E-state index is 13.8. The molecule has 1 aromatic carbocycles. The van der Waals surface area contributed by atoms with E-state index in [0.29, 0.717) is 37.3 Å². The van der Waals surface area contributed by atoms with Gasteiger partial charge in [0.05, 0.1) is 17.9 Å². The third-order valence-electron chi connectivity index (χ3n) is 6.90. The highest BCUT2D eigenvalue weighted by Crippen LogP contribution is 2.45. The molecule has 2 aromatic rings. The van der Waals surface area contributed by atoms with Crippen molar-refractivity contribution >= 4 is 34.7 Å². The van der Waals surface area contributed by atoms with Crippen LogP contribution in [0.2, 0.25) is 0 Å². The highest BCUT2D eigenvalue weighted by molar-refractivity contribution is 6.15. The van der Waals surface area contributed by atoms with Gasteiger partial charge in [0.15, 0.2) is 0 Å². The highest BCUT2D eigenvalue weighted by atomic mass is 16.2. The van der Waals surface area contributed by atoms with Crippen molar-refractivity contribution in [2.45, 2.75) is 64.5 Å². The second kappa shape index (κ2) is 9.36. The number of benzene rings is 1. The first-order valence-electron chi connectivity index (χ1n) is 11.9. The van der Waals surface area contributed by atoms with E-state index in [0.717, 1.165) is 25.7 Å². The number of aromatic nitrogens is 2. The van der Waals surface area contributed by atoms with Crippen molar-refractivity contribution in [1.29, 1.82) is 0 Å². The molecule has 1 aliphatic heterocycles. The summed E-state index contributed by atoms with van der Waals surface area (Å²) in [5.74, 6) is -0.425. The standard InChI is InChI=1S/C24H32N6O4/c1-3-5-14-29-20(25)19(21(32)27-23(29)34)28(4-2)15-18(31)30-17-11-7-6-10-16(17)26-22(33)24(30)12-8-9-13-24/h6-7,10-11H,3-5,8-9,12-15,25H2,1-2H3,(H,26,33)(H,27,32,34). The summed E-state index contributed by atoms with van der Waals surface area (Å²) in [6, 6.07) is 7.25. The summed E-state index contributed by atoms with van der Waals surface area (Å²) < 4.78 is 1.34. The average Bonchev–Trinajstić information content (AvgIpc) is 3.29. The number of rotatable bonds is 7. The van der Waals surface area contributed by atoms with Gasteiger partial charge < -0.3 is 16.0 Å². The van der Waals surface area contributed by atoms with Crippen molar-refractivity contribution in [3.63, 3.8) is 0 Å². The summed E-state index contributed by atoms with van der Waals surface area (Å²) in [7, 11) is 0. The van der Waals surface area contributed by atoms with Gasteiger partial charge in [-0.1, -0.05) is 38.3 Å². The van der Waals surface area contributed by atoms with Gasteiger partial charge in [-0.3, -0.25) is 28.8 Å². The Morgan fingerprint density at radius 3 is 2.53 bits per heavy atom. The number of hydrogen-bond acceptors (Lipinski definition) is 6. The SMILES string of the molecule is CCCCn1c(N)c(N(CC)CC(=O)N2c3ccccc3NC(=O)C23CCCC3)c(=O)[nH]c1=O. The summed E-state index contributed by atoms with van der Waals surface area (Å²) in [5.41, 5.74) is 5.49. The minimum absolute atomic E-state index is 0.0456. The number of para-hydroxylation sites is 2. The summed E-state index contributed by atoms with van der Waals surface area (Å²) in [6.07, 6.45) is 4.45. The van der Waals surface area contributed by atoms with Crippen LogP contribution in [0.4, 0.5) is 22.9 Å². The number of unbranched alkanes of at least 4 members (excludes halogenated alkanes) is 1. The molecule has 1 aliphatic carbocycles. The molecule has 4 N–H and O–H groups in total. The molecule has 1 aromatic heterocycles. The van der Waals surface area contributed by atoms with Crippen molar-refractivity contribution in [3.05, 3.63) is 45.1 Å². The summed E-state index contributed by atoms with van der Waals surface area (Å²) >= 11 is 0. The largest absolute Gasteiger partial charge is 0.383 e. The van der Waals surface area contributed by atoms with Crippen molar-refractivity contribution in [1.82, 2.24) is 9.55 Å². The van der Waals surface area contributed by atoms with Crippen molar-refractivity contribution in [3.8, 4) is 0 Å². The summed E-state index contributed by atoms with van der Waals surface area (Å²) in [6.45, 7) is 4.35. The van der Waals surface area contributed by atoms with Crippen LogP contribution in [0.15, 0.2) is 33.9 Å². The zero-order chi connectivity index (χ0) is 24.5. The van der Waals surface area contributed by atoms with Crippen LogP contribution in [-0.2, 0) is 16.1 Å². The molecule has 0 atom stereocenters. The molecule has 4 rings (SSSR count). The highest BCUT2D eigenvalue weighted by Gasteiger charge is 2.52. The van der Waals surface area contributed by atoms with Crippen LogP contribution in [0.25, 0.3) is 0 Å². The molecule has 1 spiro atoms. The number of carbonyl (C=O) groups excluding carboxylic acids is 2. The Kier molecular flexibility index (Phi) is 6.49. The van der Waals surface area contributed by atoms with Crippen molar-refractivity contribution in [2.24, 2.45) is 0 Å². The minimum atomic E-state index is -0.942. The number of nitrogens with two attached hydrogens (primary N) is 1. The lowest BCUT2D eigenvalue weighted by Crippen LogP contribution is -2.62. The van der Waals surface area contributed by atoms with E-state index in [1.807, 2.05) is 32.0 Å². The van der Waals surface area contributed by atoms with Crippen LogP contribution in [0.3, 0.4) is 0 Å². The molecule has 2 heterocycles. The number of anilines is 4. The van der Waals surface area contributed by atoms with E-state index in [1.165, 1.54) is 4.57 Å². The first-order valence-corrected chi connectivity index (χ1v) is 11.9. The van der Waals surface area contributed by atoms with E-state index in [-0.39, 0.29) is 29.9 Å². The van der Waals surface area contributed by atoms with E-state index in [2.05, 4.69) is 10.3 Å². The molecule has 1 fully saturated rings. The maximum atomic E-state index is 13.8. The Hall–Kier alpha value is -3.56. The third kappa shape index (κ3) is 3.86. The number of amides is 2. The Morgan fingerprint density at radius 1 is 1.15 bits per heavy atom. The van der Waals surface area contributed by atoms with Gasteiger partial charge in [0.25, 0.3) is 11.5 Å². The average molecular weight is 469 g/mol. The lowest BCUT2D eigenvalue weighted by molar-refractivity contribution is -0.126. The van der Waals surface area contributed by atoms with Gasteiger partial charge in [0.2, 0.25) is 5.91 Å². The number of nitrogens with one attached hydrogen (secondary N) is 2. The summed E-state index contributed by atoms with van der Waals surface area (Å²) in [5, 5.41) is 2.97. The van der Waals surface area contributed by atoms with Crippen LogP contribution in [0.1, 0.15) is 52.4 Å². The molecule has 0 saturated heterocycles. The zero-order valence-corrected chi connectivity index (χ0v) is 19.7. The normalized spacial score (nSPS) is 16.4. The second-order valence-electron chi connectivity index (χ2n) is 8.95. The van der Waals surface area contributed by atoms with Gasteiger partial charge in [-0.25, -0.2) is 4.79 Å². The van der Waals surface area contributed by atoms with Gasteiger partial charge >= 0.3 is 5.69 Å². The number of H-pyrrole nitrogens is 1. The fraction of sp³-hybridized carbons (Fsp3) is 0.500. The molecule has 2 aliphatic rings. The van der Waals surface area contributed by atoms with E-state index in [1.54, 1.807) is 15.9 Å². The van der Waals surface area contributed by atoms with Crippen LogP contribution >= 0.6 is 0 Å². The molecule has 1 saturated carbocycles. The number of nitrogens with zero attached hydrogens (tertiary/aromatic N) is 3. The zero-order valence-electron chi connectivity index (χ0n) is 19.7. The van der Waals surface area contributed by atoms with E-state index < -0.39 is 16.8 Å². The number of fused-ring (bicyclic) bond motifs is 1. The van der Waals surface area contributed by atoms with E-state index >= 15 is 0 Å². The third-order valence-corrected chi connectivity index (χ3v) is 6.90. The summed E-state index contributed by atoms with van der Waals surface area (Å²) in [4.78, 5) is 57.7. The van der Waals surface area contributed by atoms with Gasteiger partial charge in [0, 0.05) is 13.1 Å². The molecular weight excluding hydrogens is 436 g/mol. The molecule has 10 nitrogen and oxygen atoms in total. The van der Waals surface area contributed by atoms with Gasteiger partial charge in [0.1, 0.15) is 17.0 Å². The van der Waals surface area contributed by atoms with Crippen molar-refractivity contribution in [2.75, 3.05) is 33.9 Å². The lowest BCUT2D eigenvalue weighted by atomic mass is 9.89. The fourth-order valence-corrected chi connectivity index (χ4v) is 5.13. The Morgan fingerprint density at radius 2 is 1.85 bits per heavy atom. The predicted molar refractivity (Wildman–Crippen MR) is 132 cm³/mol. The molecule has 0 bridgehead atoms. The molecular formula is C24H32N6O4. The van der Waals surface area contributed by atoms with Crippen LogP contribution in [0.5, 0.6) is 0 Å². The molecule has 0 radical (unpaired) electrons. The number of likely N-dealkylation sites (N-methyl/N-ethyl adjacent to an activating group) is 1. The number of aromatic amines is 1. The number of hydrogen-bond donors (Lipinski definition) is 3. The van der Waals surface area contributed by atoms with Gasteiger partial charge in [-0.2, -0.15) is 0 Å². The van der Waals surface area contributed by atoms with Crippen LogP contribution in [0, 0.1) is 0 Å². The first-order chi connectivity index (χ1) is 16.3. The van der Waals surface area contributed by atoms with Gasteiger partial charge in [-0.05, 0) is 38.3 Å². The molecule has 34 heavy (non-hydrogen) atoms. The van der Waals surface area contributed by atoms with E-state index in [4.69, 9.17) is 5.73 Å². The topological polar surface area (TPSA) is 134 Å². The Labute approximate surface area is 197 Å². The Balaban J connectivity index is 1.73. The van der Waals surface area contributed by atoms with Crippen LogP contribution in [-0.4, -0.2) is 40.0 Å². The van der Waals surface area contributed by atoms with Crippen LogP contribution < -0.4 is 32.1 Å². The second-order valence-corrected chi connectivity index (χ2v) is 8.95. The van der Waals surface area contributed by atoms with E-state index in [9.17, 15) is 19.2 Å². The molecule has 10 heteroatoms. The molecule has 0 unspecified atom stereocenters. The Bertz CT molecular complexity index is 1210.